The van der Waals surface area contributed by atoms with E-state index >= 15 is 0 Å². The van der Waals surface area contributed by atoms with E-state index < -0.39 is 0 Å². The number of hydrogen-bond donors (Lipinski definition) is 2. The third kappa shape index (κ3) is 10.7. The molecule has 0 saturated heterocycles. The van der Waals surface area contributed by atoms with E-state index in [1.807, 2.05) is 6.92 Å². The molecular weight excluding hydrogens is 457 g/mol. The number of nitrogens with one attached hydrogen (secondary N) is 2. The van der Waals surface area contributed by atoms with Gasteiger partial charge in [0, 0.05) is 55.8 Å². The minimum atomic E-state index is 0. The Morgan fingerprint density at radius 2 is 1.88 bits per heavy atom. The first-order chi connectivity index (χ1) is 11.9. The minimum Gasteiger partial charge on any atom is -0.357 e. The molecule has 0 aromatic carbocycles. The molecule has 1 aromatic heterocycles. The topological polar surface area (TPSA) is 52.6 Å². The third-order valence-corrected chi connectivity index (χ3v) is 5.07. The van der Waals surface area contributed by atoms with E-state index in [0.29, 0.717) is 12.1 Å². The summed E-state index contributed by atoms with van der Waals surface area (Å²) in [4.78, 5) is 11.7. The lowest BCUT2D eigenvalue weighted by molar-refractivity contribution is 0.173. The second kappa shape index (κ2) is 14.6. The van der Waals surface area contributed by atoms with Crippen molar-refractivity contribution in [3.05, 3.63) is 16.1 Å². The summed E-state index contributed by atoms with van der Waals surface area (Å²) in [5, 5.41) is 10.1. The van der Waals surface area contributed by atoms with E-state index in [1.54, 1.807) is 11.3 Å². The molecule has 0 aliphatic carbocycles. The second-order valence-corrected chi connectivity index (χ2v) is 7.90. The van der Waals surface area contributed by atoms with Gasteiger partial charge in [-0.05, 0) is 54.4 Å². The lowest BCUT2D eigenvalue weighted by Crippen LogP contribution is -2.41. The summed E-state index contributed by atoms with van der Waals surface area (Å²) in [5.41, 5.74) is 1.12. The van der Waals surface area contributed by atoms with E-state index in [1.165, 1.54) is 5.01 Å². The SMILES string of the molecule is CCNC(=NCCCc1nc(C)cs1)NCCCN(C(C)C)C(C)C.I. The number of nitrogens with zero attached hydrogens (tertiary/aromatic N) is 3. The Balaban J connectivity index is 0.00000625. The van der Waals surface area contributed by atoms with Crippen molar-refractivity contribution in [2.45, 2.75) is 72.9 Å². The molecule has 0 atom stereocenters. The fourth-order valence-electron chi connectivity index (χ4n) is 2.86. The van der Waals surface area contributed by atoms with Crippen LogP contribution in [0.25, 0.3) is 0 Å². The molecule has 0 saturated carbocycles. The maximum Gasteiger partial charge on any atom is 0.191 e. The molecular formula is C19H38IN5S. The molecule has 1 rings (SSSR count). The molecule has 0 bridgehead atoms. The number of aromatic nitrogens is 1. The van der Waals surface area contributed by atoms with Crippen LogP contribution in [0.1, 0.15) is 58.2 Å². The molecule has 1 heterocycles. The zero-order valence-electron chi connectivity index (χ0n) is 17.3. The monoisotopic (exact) mass is 495 g/mol. The Labute approximate surface area is 181 Å². The van der Waals surface area contributed by atoms with Gasteiger partial charge in [0.1, 0.15) is 0 Å². The fraction of sp³-hybridized carbons (Fsp3) is 0.789. The Morgan fingerprint density at radius 1 is 1.19 bits per heavy atom. The Kier molecular flexibility index (Phi) is 14.4. The van der Waals surface area contributed by atoms with Crippen LogP contribution in [0.4, 0.5) is 0 Å². The first-order valence-corrected chi connectivity index (χ1v) is 10.5. The maximum absolute atomic E-state index is 4.68. The molecule has 0 amide bonds. The Hall–Kier alpha value is -0.410. The number of halogens is 1. The highest BCUT2D eigenvalue weighted by molar-refractivity contribution is 14.0. The van der Waals surface area contributed by atoms with Crippen LogP contribution in [0, 0.1) is 6.92 Å². The zero-order valence-corrected chi connectivity index (χ0v) is 20.5. The molecule has 2 N–H and O–H groups in total. The van der Waals surface area contributed by atoms with Crippen LogP contribution >= 0.6 is 35.3 Å². The van der Waals surface area contributed by atoms with Gasteiger partial charge < -0.3 is 10.6 Å². The van der Waals surface area contributed by atoms with Gasteiger partial charge >= 0.3 is 0 Å². The molecule has 1 aromatic rings. The molecule has 5 nitrogen and oxygen atoms in total. The van der Waals surface area contributed by atoms with Crippen molar-refractivity contribution in [3.8, 4) is 0 Å². The van der Waals surface area contributed by atoms with Crippen LogP contribution in [0.3, 0.4) is 0 Å². The van der Waals surface area contributed by atoms with Gasteiger partial charge in [-0.25, -0.2) is 4.98 Å². The number of rotatable bonds is 11. The average Bonchev–Trinajstić information content (AvgIpc) is 2.95. The van der Waals surface area contributed by atoms with Gasteiger partial charge in [-0.15, -0.1) is 35.3 Å². The number of aliphatic imine (C=N–C) groups is 1. The van der Waals surface area contributed by atoms with Crippen molar-refractivity contribution in [2.24, 2.45) is 4.99 Å². The second-order valence-electron chi connectivity index (χ2n) is 6.95. The first kappa shape index (κ1) is 25.6. The number of aryl methyl sites for hydroxylation is 2. The van der Waals surface area contributed by atoms with E-state index in [-0.39, 0.29) is 24.0 Å². The van der Waals surface area contributed by atoms with E-state index in [4.69, 9.17) is 0 Å². The van der Waals surface area contributed by atoms with Crippen LogP contribution in [-0.2, 0) is 6.42 Å². The van der Waals surface area contributed by atoms with Crippen molar-refractivity contribution < 1.29 is 0 Å². The van der Waals surface area contributed by atoms with Crippen molar-refractivity contribution in [1.29, 1.82) is 0 Å². The molecule has 26 heavy (non-hydrogen) atoms. The zero-order chi connectivity index (χ0) is 18.7. The predicted octanol–water partition coefficient (Wildman–Crippen LogP) is 4.07. The molecule has 0 aliphatic heterocycles. The standard InChI is InChI=1S/C19H37N5S.HI/c1-7-20-19(21-11-8-10-18-23-17(6)14-25-18)22-12-9-13-24(15(2)3)16(4)5;/h14-16H,7-13H2,1-6H3,(H2,20,21,22);1H. The number of guanidine groups is 1. The highest BCUT2D eigenvalue weighted by Gasteiger charge is 2.12. The Bertz CT molecular complexity index is 494. The summed E-state index contributed by atoms with van der Waals surface area (Å²) in [6, 6.07) is 1.19. The summed E-state index contributed by atoms with van der Waals surface area (Å²) >= 11 is 1.75. The van der Waals surface area contributed by atoms with Gasteiger partial charge in [0.05, 0.1) is 5.01 Å². The minimum absolute atomic E-state index is 0. The molecule has 0 unspecified atom stereocenters. The quantitative estimate of drug-likeness (QED) is 0.210. The molecule has 7 heteroatoms. The number of thiazole rings is 1. The van der Waals surface area contributed by atoms with Crippen LogP contribution in [-0.4, -0.2) is 54.1 Å². The molecule has 0 fully saturated rings. The summed E-state index contributed by atoms with van der Waals surface area (Å²) in [6.45, 7) is 17.0. The molecule has 152 valence electrons. The van der Waals surface area contributed by atoms with Gasteiger partial charge in [0.15, 0.2) is 5.96 Å². The van der Waals surface area contributed by atoms with E-state index in [0.717, 1.165) is 57.1 Å². The largest absolute Gasteiger partial charge is 0.357 e. The summed E-state index contributed by atoms with van der Waals surface area (Å²) in [7, 11) is 0. The lowest BCUT2D eigenvalue weighted by atomic mass is 10.2. The highest BCUT2D eigenvalue weighted by Crippen LogP contribution is 2.10. The smallest absolute Gasteiger partial charge is 0.191 e. The van der Waals surface area contributed by atoms with Gasteiger partial charge in [-0.2, -0.15) is 0 Å². The van der Waals surface area contributed by atoms with Gasteiger partial charge in [0.2, 0.25) is 0 Å². The predicted molar refractivity (Wildman–Crippen MR) is 126 cm³/mol. The molecule has 0 aliphatic rings. The fourth-order valence-corrected chi connectivity index (χ4v) is 3.68. The normalized spacial score (nSPS) is 12.0. The van der Waals surface area contributed by atoms with Crippen LogP contribution in [0.5, 0.6) is 0 Å². The third-order valence-electron chi connectivity index (χ3n) is 4.04. The van der Waals surface area contributed by atoms with Crippen molar-refractivity contribution >= 4 is 41.3 Å². The molecule has 0 spiro atoms. The van der Waals surface area contributed by atoms with Crippen molar-refractivity contribution in [3.63, 3.8) is 0 Å². The lowest BCUT2D eigenvalue weighted by Gasteiger charge is -2.30. The first-order valence-electron chi connectivity index (χ1n) is 9.63. The maximum atomic E-state index is 4.68. The van der Waals surface area contributed by atoms with Gasteiger partial charge in [0.25, 0.3) is 0 Å². The average molecular weight is 496 g/mol. The van der Waals surface area contributed by atoms with Crippen LogP contribution in [0.2, 0.25) is 0 Å². The van der Waals surface area contributed by atoms with Crippen LogP contribution < -0.4 is 10.6 Å². The summed E-state index contributed by atoms with van der Waals surface area (Å²) in [5.74, 6) is 0.929. The van der Waals surface area contributed by atoms with Crippen molar-refractivity contribution in [1.82, 2.24) is 20.5 Å². The van der Waals surface area contributed by atoms with E-state index in [2.05, 4.69) is 65.5 Å². The summed E-state index contributed by atoms with van der Waals surface area (Å²) in [6.07, 6.45) is 3.18. The highest BCUT2D eigenvalue weighted by atomic mass is 127. The van der Waals surface area contributed by atoms with Gasteiger partial charge in [-0.3, -0.25) is 9.89 Å². The van der Waals surface area contributed by atoms with E-state index in [9.17, 15) is 0 Å². The molecule has 0 radical (unpaired) electrons. The number of hydrogen-bond acceptors (Lipinski definition) is 4. The van der Waals surface area contributed by atoms with Crippen LogP contribution in [0.15, 0.2) is 10.4 Å². The van der Waals surface area contributed by atoms with Gasteiger partial charge in [-0.1, -0.05) is 0 Å². The summed E-state index contributed by atoms with van der Waals surface area (Å²) < 4.78 is 0. The van der Waals surface area contributed by atoms with Crippen molar-refractivity contribution in [2.75, 3.05) is 26.2 Å². The Morgan fingerprint density at radius 3 is 2.42 bits per heavy atom.